The molecule has 0 bridgehead atoms. The van der Waals surface area contributed by atoms with Crippen molar-refractivity contribution in [3.63, 3.8) is 0 Å². The van der Waals surface area contributed by atoms with E-state index in [9.17, 15) is 9.59 Å². The number of fused-ring (bicyclic) bond motifs is 1. The van der Waals surface area contributed by atoms with E-state index in [0.717, 1.165) is 29.7 Å². The SMILES string of the molecule is COc1ccc(C(=O)Nc2ccc3c(c2)nc(CCNC(=O)[C@H]2CCCO2)n3C)cc1OC. The first kappa shape index (κ1) is 22.6. The Balaban J connectivity index is 1.42. The standard InChI is InChI=1S/C24H28N4O5/c1-28-18-8-7-16(26-23(29)15-6-9-19(31-2)21(13-15)32-3)14-17(18)27-22(28)10-11-25-24(30)20-5-4-12-33-20/h6-9,13-14,20H,4-5,10-12H2,1-3H3,(H,25,30)(H,26,29)/t20-/m1/s1. The zero-order valence-corrected chi connectivity index (χ0v) is 19.0. The summed E-state index contributed by atoms with van der Waals surface area (Å²) in [5.41, 5.74) is 2.80. The first-order valence-corrected chi connectivity index (χ1v) is 10.9. The van der Waals surface area contributed by atoms with Crippen LogP contribution in [0.15, 0.2) is 36.4 Å². The van der Waals surface area contributed by atoms with Gasteiger partial charge in [0.1, 0.15) is 11.9 Å². The maximum atomic E-state index is 12.7. The van der Waals surface area contributed by atoms with Crippen LogP contribution in [0, 0.1) is 0 Å². The predicted molar refractivity (Wildman–Crippen MR) is 124 cm³/mol. The summed E-state index contributed by atoms with van der Waals surface area (Å²) in [7, 11) is 5.01. The zero-order chi connectivity index (χ0) is 23.4. The maximum Gasteiger partial charge on any atom is 0.255 e. The van der Waals surface area contributed by atoms with E-state index in [1.807, 2.05) is 29.8 Å². The van der Waals surface area contributed by atoms with E-state index in [4.69, 9.17) is 14.2 Å². The van der Waals surface area contributed by atoms with Crippen LogP contribution in [-0.4, -0.2) is 54.8 Å². The molecule has 2 aromatic carbocycles. The summed E-state index contributed by atoms with van der Waals surface area (Å²) in [5, 5.41) is 5.83. The van der Waals surface area contributed by atoms with Gasteiger partial charge in [0.25, 0.3) is 5.91 Å². The molecule has 1 aliphatic rings. The lowest BCUT2D eigenvalue weighted by Gasteiger charge is -2.10. The summed E-state index contributed by atoms with van der Waals surface area (Å²) in [4.78, 5) is 29.5. The minimum Gasteiger partial charge on any atom is -0.493 e. The number of hydrogen-bond donors (Lipinski definition) is 2. The molecule has 9 nitrogen and oxygen atoms in total. The molecule has 0 saturated carbocycles. The van der Waals surface area contributed by atoms with Gasteiger partial charge in [0.05, 0.1) is 25.3 Å². The lowest BCUT2D eigenvalue weighted by atomic mass is 10.1. The van der Waals surface area contributed by atoms with Crippen molar-refractivity contribution in [3.8, 4) is 11.5 Å². The number of ether oxygens (including phenoxy) is 3. The van der Waals surface area contributed by atoms with Crippen LogP contribution >= 0.6 is 0 Å². The van der Waals surface area contributed by atoms with Gasteiger partial charge in [0.2, 0.25) is 5.91 Å². The number of imidazole rings is 1. The van der Waals surface area contributed by atoms with Crippen LogP contribution in [0.5, 0.6) is 11.5 Å². The van der Waals surface area contributed by atoms with Crippen molar-refractivity contribution >= 4 is 28.5 Å². The number of hydrogen-bond acceptors (Lipinski definition) is 6. The number of nitrogens with zero attached hydrogens (tertiary/aromatic N) is 2. The smallest absolute Gasteiger partial charge is 0.255 e. The highest BCUT2D eigenvalue weighted by molar-refractivity contribution is 6.05. The lowest BCUT2D eigenvalue weighted by Crippen LogP contribution is -2.35. The molecule has 9 heteroatoms. The van der Waals surface area contributed by atoms with Crippen molar-refractivity contribution in [1.82, 2.24) is 14.9 Å². The maximum absolute atomic E-state index is 12.7. The van der Waals surface area contributed by atoms with Crippen LogP contribution in [0.25, 0.3) is 11.0 Å². The van der Waals surface area contributed by atoms with Crippen LogP contribution in [0.1, 0.15) is 29.0 Å². The first-order valence-electron chi connectivity index (χ1n) is 10.9. The van der Waals surface area contributed by atoms with Crippen molar-refractivity contribution in [3.05, 3.63) is 47.8 Å². The summed E-state index contributed by atoms with van der Waals surface area (Å²) < 4.78 is 17.9. The fourth-order valence-electron chi connectivity index (χ4n) is 3.93. The molecule has 3 aromatic rings. The predicted octanol–water partition coefficient (Wildman–Crippen LogP) is 2.68. The molecule has 1 aliphatic heterocycles. The van der Waals surface area contributed by atoms with Gasteiger partial charge in [-0.1, -0.05) is 0 Å². The summed E-state index contributed by atoms with van der Waals surface area (Å²) in [6.07, 6.45) is 1.96. The van der Waals surface area contributed by atoms with Gasteiger partial charge in [0, 0.05) is 37.9 Å². The number of rotatable bonds is 8. The number of amides is 2. The number of aryl methyl sites for hydroxylation is 1. The minimum atomic E-state index is -0.331. The summed E-state index contributed by atoms with van der Waals surface area (Å²) in [6, 6.07) is 10.6. The Morgan fingerprint density at radius 1 is 1.15 bits per heavy atom. The minimum absolute atomic E-state index is 0.0635. The Hall–Kier alpha value is -3.59. The van der Waals surface area contributed by atoms with Crippen LogP contribution in [0.2, 0.25) is 0 Å². The third-order valence-electron chi connectivity index (χ3n) is 5.75. The van der Waals surface area contributed by atoms with E-state index in [-0.39, 0.29) is 17.9 Å². The number of methoxy groups -OCH3 is 2. The van der Waals surface area contributed by atoms with E-state index in [0.29, 0.717) is 42.3 Å². The molecule has 0 radical (unpaired) electrons. The molecule has 1 fully saturated rings. The van der Waals surface area contributed by atoms with Gasteiger partial charge in [-0.3, -0.25) is 9.59 Å². The molecule has 1 aromatic heterocycles. The van der Waals surface area contributed by atoms with Gasteiger partial charge in [-0.05, 0) is 49.2 Å². The van der Waals surface area contributed by atoms with Crippen LogP contribution in [0.4, 0.5) is 5.69 Å². The largest absolute Gasteiger partial charge is 0.493 e. The Kier molecular flexibility index (Phi) is 6.79. The molecule has 1 saturated heterocycles. The number of aromatic nitrogens is 2. The molecular weight excluding hydrogens is 424 g/mol. The Morgan fingerprint density at radius 2 is 1.97 bits per heavy atom. The molecule has 0 aliphatic carbocycles. The van der Waals surface area contributed by atoms with E-state index < -0.39 is 0 Å². The molecule has 0 spiro atoms. The summed E-state index contributed by atoms with van der Waals surface area (Å²) in [6.45, 7) is 1.13. The number of benzene rings is 2. The van der Waals surface area contributed by atoms with Crippen molar-refractivity contribution in [2.45, 2.75) is 25.4 Å². The van der Waals surface area contributed by atoms with E-state index in [1.54, 1.807) is 25.3 Å². The average Bonchev–Trinajstić information content (AvgIpc) is 3.47. The normalized spacial score (nSPS) is 15.4. The summed E-state index contributed by atoms with van der Waals surface area (Å²) in [5.74, 6) is 1.57. The van der Waals surface area contributed by atoms with Gasteiger partial charge in [0.15, 0.2) is 11.5 Å². The van der Waals surface area contributed by atoms with Crippen molar-refractivity contribution < 1.29 is 23.8 Å². The third-order valence-corrected chi connectivity index (χ3v) is 5.75. The summed E-state index contributed by atoms with van der Waals surface area (Å²) >= 11 is 0. The Labute approximate surface area is 192 Å². The molecule has 33 heavy (non-hydrogen) atoms. The average molecular weight is 453 g/mol. The van der Waals surface area contributed by atoms with Gasteiger partial charge < -0.3 is 29.4 Å². The van der Waals surface area contributed by atoms with Crippen molar-refractivity contribution in [2.75, 3.05) is 32.7 Å². The highest BCUT2D eigenvalue weighted by atomic mass is 16.5. The number of carbonyl (C=O) groups is 2. The third kappa shape index (κ3) is 4.93. The molecule has 1 atom stereocenters. The number of anilines is 1. The van der Waals surface area contributed by atoms with Gasteiger partial charge in [-0.25, -0.2) is 4.98 Å². The van der Waals surface area contributed by atoms with E-state index in [1.165, 1.54) is 7.11 Å². The Morgan fingerprint density at radius 3 is 2.70 bits per heavy atom. The molecular formula is C24H28N4O5. The van der Waals surface area contributed by atoms with E-state index >= 15 is 0 Å². The van der Waals surface area contributed by atoms with Crippen LogP contribution in [0.3, 0.4) is 0 Å². The second kappa shape index (κ2) is 9.91. The van der Waals surface area contributed by atoms with Crippen molar-refractivity contribution in [2.24, 2.45) is 7.05 Å². The van der Waals surface area contributed by atoms with Crippen molar-refractivity contribution in [1.29, 1.82) is 0 Å². The quantitative estimate of drug-likeness (QED) is 0.545. The van der Waals surface area contributed by atoms with Gasteiger partial charge in [-0.2, -0.15) is 0 Å². The topological polar surface area (TPSA) is 104 Å². The highest BCUT2D eigenvalue weighted by Crippen LogP contribution is 2.28. The number of carbonyl (C=O) groups excluding carboxylic acids is 2. The molecule has 0 unspecified atom stereocenters. The van der Waals surface area contributed by atoms with Crippen LogP contribution < -0.4 is 20.1 Å². The molecule has 4 rings (SSSR count). The fraction of sp³-hybridized carbons (Fsp3) is 0.375. The first-order chi connectivity index (χ1) is 16.0. The molecule has 2 N–H and O–H groups in total. The fourth-order valence-corrected chi connectivity index (χ4v) is 3.93. The second-order valence-electron chi connectivity index (χ2n) is 7.86. The lowest BCUT2D eigenvalue weighted by molar-refractivity contribution is -0.130. The Bertz CT molecular complexity index is 1170. The number of nitrogens with one attached hydrogen (secondary N) is 2. The molecule has 2 amide bonds. The second-order valence-corrected chi connectivity index (χ2v) is 7.86. The van der Waals surface area contributed by atoms with Gasteiger partial charge >= 0.3 is 0 Å². The van der Waals surface area contributed by atoms with Crippen LogP contribution in [-0.2, 0) is 23.0 Å². The molecule has 174 valence electrons. The van der Waals surface area contributed by atoms with Gasteiger partial charge in [-0.15, -0.1) is 0 Å². The monoisotopic (exact) mass is 452 g/mol. The highest BCUT2D eigenvalue weighted by Gasteiger charge is 2.23. The molecule has 2 heterocycles. The zero-order valence-electron chi connectivity index (χ0n) is 19.0. The van der Waals surface area contributed by atoms with E-state index in [2.05, 4.69) is 15.6 Å².